The zero-order chi connectivity index (χ0) is 51.4. The SMILES string of the molecule is Cc1ncsc1-c1ccc(CNC(=O)[C@@H]2C[C@@H](O)CN2C(=O)C(NC(=O)COCC(=O)N2CCC(n3cc(-c4cnc5cccc(-c6cc(F)c(CN7CCOCC7)c(F)c6)c5n4)cn3)CC2)C(C)(C)C)cc1. The van der Waals surface area contributed by atoms with Crippen LogP contribution in [0.3, 0.4) is 0 Å². The Morgan fingerprint density at radius 1 is 0.932 bits per heavy atom. The Bertz CT molecular complexity index is 2940. The number of para-hydroxylation sites is 1. The van der Waals surface area contributed by atoms with Crippen LogP contribution in [0.4, 0.5) is 8.78 Å². The largest absolute Gasteiger partial charge is 0.391 e. The molecule has 6 aromatic rings. The van der Waals surface area contributed by atoms with Gasteiger partial charge in [-0.2, -0.15) is 5.10 Å². The quantitative estimate of drug-likeness (QED) is 0.114. The van der Waals surface area contributed by atoms with Gasteiger partial charge in [0.15, 0.2) is 0 Å². The van der Waals surface area contributed by atoms with Crippen LogP contribution >= 0.6 is 11.3 Å². The monoisotopic (exact) mass is 1020 g/mol. The molecule has 384 valence electrons. The van der Waals surface area contributed by atoms with Crippen LogP contribution in [-0.2, 0) is 41.7 Å². The van der Waals surface area contributed by atoms with Gasteiger partial charge in [0.2, 0.25) is 23.6 Å². The number of thiazole rings is 1. The van der Waals surface area contributed by atoms with Crippen molar-refractivity contribution in [3.8, 4) is 32.8 Å². The van der Waals surface area contributed by atoms with Gasteiger partial charge in [0.05, 0.1) is 70.6 Å². The first-order valence-corrected chi connectivity index (χ1v) is 25.5. The first kappa shape index (κ1) is 51.3. The molecule has 3 aromatic heterocycles. The van der Waals surface area contributed by atoms with E-state index in [1.165, 1.54) is 17.0 Å². The van der Waals surface area contributed by atoms with Crippen LogP contribution in [0.15, 0.2) is 78.7 Å². The second-order valence-electron chi connectivity index (χ2n) is 20.0. The minimum Gasteiger partial charge on any atom is -0.391 e. The van der Waals surface area contributed by atoms with Gasteiger partial charge in [0, 0.05) is 75.1 Å². The number of aliphatic hydroxyl groups is 1. The molecule has 0 saturated carbocycles. The molecule has 1 unspecified atom stereocenters. The second kappa shape index (κ2) is 22.3. The normalized spacial score (nSPS) is 18.3. The topological polar surface area (TPSA) is 197 Å². The van der Waals surface area contributed by atoms with Crippen molar-refractivity contribution >= 4 is 46.0 Å². The van der Waals surface area contributed by atoms with E-state index < -0.39 is 59.6 Å². The number of aromatic nitrogens is 5. The lowest BCUT2D eigenvalue weighted by atomic mass is 9.85. The third-order valence-corrected chi connectivity index (χ3v) is 14.7. The average Bonchev–Trinajstić information content (AvgIpc) is 4.16. The van der Waals surface area contributed by atoms with Gasteiger partial charge in [-0.1, -0.05) is 57.2 Å². The van der Waals surface area contributed by atoms with Crippen LogP contribution < -0.4 is 10.6 Å². The molecule has 4 amide bonds. The molecule has 3 fully saturated rings. The van der Waals surface area contributed by atoms with Gasteiger partial charge in [0.1, 0.15) is 36.9 Å². The summed E-state index contributed by atoms with van der Waals surface area (Å²) in [7, 11) is 0. The highest BCUT2D eigenvalue weighted by molar-refractivity contribution is 7.13. The number of halogens is 2. The summed E-state index contributed by atoms with van der Waals surface area (Å²) in [6, 6.07) is 13.9. The van der Waals surface area contributed by atoms with Crippen LogP contribution in [0.25, 0.3) is 43.9 Å². The van der Waals surface area contributed by atoms with Crippen molar-refractivity contribution in [1.29, 1.82) is 0 Å². The molecular formula is C53H60F2N10O7S. The Labute approximate surface area is 425 Å². The van der Waals surface area contributed by atoms with Gasteiger partial charge in [-0.3, -0.25) is 33.7 Å². The number of ether oxygens (including phenoxy) is 2. The van der Waals surface area contributed by atoms with Crippen molar-refractivity contribution < 1.29 is 42.5 Å². The number of nitrogens with zero attached hydrogens (tertiary/aromatic N) is 8. The Kier molecular flexibility index (Phi) is 15.7. The number of carbonyl (C=O) groups is 4. The van der Waals surface area contributed by atoms with E-state index in [0.717, 1.165) is 21.7 Å². The third kappa shape index (κ3) is 11.9. The molecule has 17 nitrogen and oxygen atoms in total. The molecule has 3 aliphatic rings. The number of hydrogen-bond acceptors (Lipinski definition) is 13. The van der Waals surface area contributed by atoms with Crippen LogP contribution in [0, 0.1) is 24.0 Å². The summed E-state index contributed by atoms with van der Waals surface area (Å²) >= 11 is 1.56. The maximum atomic E-state index is 15.5. The number of amides is 4. The molecule has 9 rings (SSSR count). The number of fused-ring (bicyclic) bond motifs is 1. The Balaban J connectivity index is 0.749. The summed E-state index contributed by atoms with van der Waals surface area (Å²) < 4.78 is 43.7. The first-order valence-electron chi connectivity index (χ1n) is 24.6. The Morgan fingerprint density at radius 2 is 1.67 bits per heavy atom. The summed E-state index contributed by atoms with van der Waals surface area (Å²) in [6.45, 7) is 9.98. The molecule has 3 saturated heterocycles. The van der Waals surface area contributed by atoms with Gasteiger partial charge in [-0.15, -0.1) is 11.3 Å². The van der Waals surface area contributed by atoms with Crippen molar-refractivity contribution in [1.82, 2.24) is 50.1 Å². The molecule has 0 radical (unpaired) electrons. The lowest BCUT2D eigenvalue weighted by Crippen LogP contribution is -2.58. The fourth-order valence-corrected chi connectivity index (χ4v) is 10.5. The second-order valence-corrected chi connectivity index (χ2v) is 20.8. The summed E-state index contributed by atoms with van der Waals surface area (Å²) in [4.78, 5) is 74.0. The standard InChI is InChI=1S/C53H60F2N10O7S/c1-32-49(73-31-58-32)34-10-8-33(9-11-34)23-57-51(69)45-22-38(66)27-64(45)52(70)50(53(2,3)4)61-46(67)29-72-30-47(68)63-14-12-37(13-15-63)65-26-36(24-59-65)44-25-56-43-7-5-6-39(48(43)60-44)35-20-41(54)40(42(55)21-35)28-62-16-18-71-19-17-62/h5-11,20-21,24-26,31,37-38,45,50,66H,12-19,22-23,27-30H2,1-4H3,(H,57,69)(H,61,67)/t38-,45+,50?/m1/s1. The Morgan fingerprint density at radius 3 is 2.37 bits per heavy atom. The van der Waals surface area contributed by atoms with E-state index >= 15 is 8.78 Å². The van der Waals surface area contributed by atoms with Crippen LogP contribution in [0.5, 0.6) is 0 Å². The number of nitrogens with one attached hydrogen (secondary N) is 2. The Hall–Kier alpha value is -6.58. The molecule has 3 atom stereocenters. The van der Waals surface area contributed by atoms with E-state index in [2.05, 4.69) is 25.7 Å². The summed E-state index contributed by atoms with van der Waals surface area (Å²) in [5, 5.41) is 20.9. The number of morpholine rings is 1. The van der Waals surface area contributed by atoms with Crippen LogP contribution in [0.1, 0.15) is 62.9 Å². The van der Waals surface area contributed by atoms with Crippen molar-refractivity contribution in [2.45, 2.75) is 84.3 Å². The third-order valence-electron chi connectivity index (χ3n) is 13.8. The van der Waals surface area contributed by atoms with Crippen molar-refractivity contribution in [2.24, 2.45) is 5.41 Å². The number of aryl methyl sites for hydroxylation is 1. The number of hydrogen-bond donors (Lipinski definition) is 3. The zero-order valence-electron chi connectivity index (χ0n) is 41.4. The van der Waals surface area contributed by atoms with Crippen LogP contribution in [-0.4, -0.2) is 146 Å². The van der Waals surface area contributed by atoms with Crippen LogP contribution in [0.2, 0.25) is 0 Å². The molecule has 0 aliphatic carbocycles. The highest BCUT2D eigenvalue weighted by Gasteiger charge is 2.44. The summed E-state index contributed by atoms with van der Waals surface area (Å²) in [5.41, 5.74) is 7.13. The molecule has 0 bridgehead atoms. The van der Waals surface area contributed by atoms with Crippen molar-refractivity contribution in [3.05, 3.63) is 107 Å². The number of piperidine rings is 1. The summed E-state index contributed by atoms with van der Waals surface area (Å²) in [6.07, 6.45) is 5.59. The first-order chi connectivity index (χ1) is 35.1. The number of carbonyl (C=O) groups excluding carboxylic acids is 4. The molecule has 6 heterocycles. The minimum atomic E-state index is -1.05. The number of benzene rings is 3. The predicted molar refractivity (Wildman–Crippen MR) is 270 cm³/mol. The van der Waals surface area contributed by atoms with E-state index in [9.17, 15) is 24.3 Å². The molecular weight excluding hydrogens is 959 g/mol. The van der Waals surface area contributed by atoms with Gasteiger partial charge >= 0.3 is 0 Å². The lowest BCUT2D eigenvalue weighted by Gasteiger charge is -2.35. The highest BCUT2D eigenvalue weighted by atomic mass is 32.1. The van der Waals surface area contributed by atoms with Gasteiger partial charge in [-0.05, 0) is 60.1 Å². The molecule has 3 aromatic carbocycles. The summed E-state index contributed by atoms with van der Waals surface area (Å²) in [5.74, 6) is -3.04. The fourth-order valence-electron chi connectivity index (χ4n) is 9.65. The lowest BCUT2D eigenvalue weighted by molar-refractivity contribution is -0.145. The smallest absolute Gasteiger partial charge is 0.248 e. The number of rotatable bonds is 15. The maximum Gasteiger partial charge on any atom is 0.248 e. The molecule has 3 aliphatic heterocycles. The van der Waals surface area contributed by atoms with E-state index in [4.69, 9.17) is 14.5 Å². The zero-order valence-corrected chi connectivity index (χ0v) is 42.2. The molecule has 20 heteroatoms. The number of β-amino-alcohol motifs (C(OH)–C–C–N with tert-alkyl or cyclic N) is 1. The van der Waals surface area contributed by atoms with Gasteiger partial charge < -0.3 is 35.0 Å². The maximum absolute atomic E-state index is 15.5. The predicted octanol–water partition coefficient (Wildman–Crippen LogP) is 5.69. The van der Waals surface area contributed by atoms with Gasteiger partial charge in [0.25, 0.3) is 0 Å². The average molecular weight is 1020 g/mol. The van der Waals surface area contributed by atoms with E-state index in [-0.39, 0.29) is 50.2 Å². The molecule has 73 heavy (non-hydrogen) atoms. The number of likely N-dealkylation sites (tertiary alicyclic amines) is 2. The minimum absolute atomic E-state index is 0.0127. The van der Waals surface area contributed by atoms with Crippen molar-refractivity contribution in [2.75, 3.05) is 59.2 Å². The molecule has 0 spiro atoms. The highest BCUT2D eigenvalue weighted by Crippen LogP contribution is 2.33. The van der Waals surface area contributed by atoms with E-state index in [1.54, 1.807) is 73.1 Å². The fraction of sp³-hybridized carbons (Fsp3) is 0.434. The van der Waals surface area contributed by atoms with E-state index in [1.807, 2.05) is 47.0 Å². The van der Waals surface area contributed by atoms with E-state index in [0.29, 0.717) is 85.7 Å². The molecule has 3 N–H and O–H groups in total. The van der Waals surface area contributed by atoms with Crippen molar-refractivity contribution in [3.63, 3.8) is 0 Å². The van der Waals surface area contributed by atoms with Gasteiger partial charge in [-0.25, -0.2) is 18.7 Å². The number of aliphatic hydroxyl groups excluding tert-OH is 1.